The highest BCUT2D eigenvalue weighted by Crippen LogP contribution is 2.44. The minimum absolute atomic E-state index is 0.00561. The van der Waals surface area contributed by atoms with Crippen LogP contribution in [0.15, 0.2) is 108 Å². The number of pyridine rings is 1. The minimum atomic E-state index is -3.73. The molecule has 7 aromatic rings. The number of rotatable bonds is 13. The van der Waals surface area contributed by atoms with E-state index in [2.05, 4.69) is 19.9 Å². The summed E-state index contributed by atoms with van der Waals surface area (Å²) in [6, 6.07) is 26.9. The zero-order valence-corrected chi connectivity index (χ0v) is 40.3. The van der Waals surface area contributed by atoms with E-state index in [4.69, 9.17) is 88.8 Å². The molecule has 0 bridgehead atoms. The van der Waals surface area contributed by atoms with E-state index in [-0.39, 0.29) is 22.9 Å². The van der Waals surface area contributed by atoms with Gasteiger partial charge in [0, 0.05) is 43.0 Å². The number of halogens is 7. The normalized spacial score (nSPS) is 13.8. The topological polar surface area (TPSA) is 126 Å². The van der Waals surface area contributed by atoms with Crippen molar-refractivity contribution in [1.29, 1.82) is 0 Å². The molecule has 0 atom stereocenters. The Morgan fingerprint density at radius 1 is 0.591 bits per heavy atom. The zero-order valence-electron chi connectivity index (χ0n) is 35.0. The van der Waals surface area contributed by atoms with Crippen LogP contribution in [0, 0.1) is 17.8 Å². The molecule has 0 saturated heterocycles. The molecular weight excluding hydrogens is 990 g/mol. The Balaban J connectivity index is 0.000000181. The Morgan fingerprint density at radius 3 is 1.50 bits per heavy atom. The van der Waals surface area contributed by atoms with Crippen LogP contribution >= 0.6 is 69.6 Å². The first-order valence-electron chi connectivity index (χ1n) is 20.7. The molecule has 0 unspecified atom stereocenters. The van der Waals surface area contributed by atoms with Crippen molar-refractivity contribution in [3.63, 3.8) is 0 Å². The number of nitrogens with zero attached hydrogens (tertiary/aromatic N) is 5. The summed E-state index contributed by atoms with van der Waals surface area (Å²) in [5.41, 5.74) is 4.23. The number of hydrogen-bond donors (Lipinski definition) is 0. The van der Waals surface area contributed by atoms with Crippen LogP contribution in [-0.4, -0.2) is 52.8 Å². The van der Waals surface area contributed by atoms with Crippen LogP contribution in [0.3, 0.4) is 0 Å². The first-order valence-corrected chi connectivity index (χ1v) is 24.9. The molecular formula is C48H38Cl6FN5O5S. The first-order chi connectivity index (χ1) is 31.7. The van der Waals surface area contributed by atoms with Gasteiger partial charge >= 0.3 is 12.0 Å². The summed E-state index contributed by atoms with van der Waals surface area (Å²) in [5, 5.41) is 2.67. The molecule has 10 nitrogen and oxygen atoms in total. The van der Waals surface area contributed by atoms with Crippen molar-refractivity contribution >= 4 is 79.4 Å². The molecule has 0 amide bonds. The maximum Gasteiger partial charge on any atom is 0.320 e. The zero-order chi connectivity index (χ0) is 46.5. The monoisotopic (exact) mass is 1030 g/mol. The van der Waals surface area contributed by atoms with Crippen LogP contribution in [0.2, 0.25) is 30.1 Å². The van der Waals surface area contributed by atoms with Crippen LogP contribution < -0.4 is 14.2 Å². The molecule has 9 rings (SSSR count). The summed E-state index contributed by atoms with van der Waals surface area (Å²) < 4.78 is 56.8. The average molecular weight is 1030 g/mol. The fourth-order valence-corrected chi connectivity index (χ4v) is 9.13. The molecule has 0 radical (unpaired) electrons. The van der Waals surface area contributed by atoms with Gasteiger partial charge in [-0.2, -0.15) is 24.3 Å². The fraction of sp³-hybridized carbons (Fsp3) is 0.229. The lowest BCUT2D eigenvalue weighted by atomic mass is 9.86. The second kappa shape index (κ2) is 21.0. The molecule has 2 saturated carbocycles. The molecule has 340 valence electrons. The number of ether oxygens (including phenoxy) is 3. The maximum atomic E-state index is 13.4. The third kappa shape index (κ3) is 11.7. The lowest BCUT2D eigenvalue weighted by Crippen LogP contribution is -2.20. The van der Waals surface area contributed by atoms with Gasteiger partial charge in [-0.15, -0.1) is 0 Å². The van der Waals surface area contributed by atoms with Gasteiger partial charge in [-0.3, -0.25) is 0 Å². The standard InChI is InChI=1S/C26H19Cl3FN3O2.C22H19Cl3N2O3S/c27-17-6-4-16(5-7-17)23-24(20-10-8-18(28)12-21(20)29)32-26(34-14-15-2-1-3-15)33-25(23)35-19-9-11-22(30)31-13-19;1-31(28,29)21-19(14-5-7-15(23)8-6-14)20(17-10-9-16(24)11-18(17)25)26-22(27-21)30-12-13-3-2-4-13/h4-13,15H,1-3,14H2;5-11,13H,2-4,12H2,1H3. The van der Waals surface area contributed by atoms with Crippen LogP contribution in [-0.2, 0) is 9.84 Å². The molecule has 3 heterocycles. The van der Waals surface area contributed by atoms with Crippen LogP contribution in [0.4, 0.5) is 4.39 Å². The molecule has 2 aliphatic rings. The van der Waals surface area contributed by atoms with Crippen molar-refractivity contribution in [2.24, 2.45) is 11.8 Å². The lowest BCUT2D eigenvalue weighted by Gasteiger charge is -2.25. The Morgan fingerprint density at radius 2 is 1.06 bits per heavy atom. The third-order valence-corrected chi connectivity index (χ3v) is 13.6. The van der Waals surface area contributed by atoms with E-state index in [9.17, 15) is 12.8 Å². The van der Waals surface area contributed by atoms with Gasteiger partial charge in [-0.25, -0.2) is 13.4 Å². The van der Waals surface area contributed by atoms with Crippen molar-refractivity contribution in [3.8, 4) is 68.4 Å². The second-order valence-corrected chi connectivity index (χ2v) is 20.2. The third-order valence-electron chi connectivity index (χ3n) is 11.0. The number of sulfone groups is 1. The smallest absolute Gasteiger partial charge is 0.320 e. The van der Waals surface area contributed by atoms with Gasteiger partial charge in [0.2, 0.25) is 11.8 Å². The van der Waals surface area contributed by atoms with E-state index in [1.807, 2.05) is 12.1 Å². The van der Waals surface area contributed by atoms with Gasteiger partial charge in [0.1, 0.15) is 5.75 Å². The number of benzene rings is 4. The molecule has 0 N–H and O–H groups in total. The SMILES string of the molecule is CS(=O)(=O)c1nc(OCC2CCC2)nc(-c2ccc(Cl)cc2Cl)c1-c1ccc(Cl)cc1.Fc1ccc(Oc2nc(OCC3CCC3)nc(-c3ccc(Cl)cc3Cl)c2-c2ccc(Cl)cc2)cn1. The van der Waals surface area contributed by atoms with Gasteiger partial charge < -0.3 is 14.2 Å². The van der Waals surface area contributed by atoms with Gasteiger partial charge in [-0.05, 0) is 121 Å². The van der Waals surface area contributed by atoms with Crippen LogP contribution in [0.5, 0.6) is 23.7 Å². The molecule has 4 aromatic carbocycles. The predicted octanol–water partition coefficient (Wildman–Crippen LogP) is 14.6. The molecule has 3 aromatic heterocycles. The summed E-state index contributed by atoms with van der Waals surface area (Å²) in [4.78, 5) is 21.8. The first kappa shape index (κ1) is 47.7. The van der Waals surface area contributed by atoms with Gasteiger partial charge in [0.05, 0.1) is 46.4 Å². The summed E-state index contributed by atoms with van der Waals surface area (Å²) in [5.74, 6) is 0.807. The Bertz CT molecular complexity index is 2980. The highest BCUT2D eigenvalue weighted by Gasteiger charge is 2.28. The largest absolute Gasteiger partial charge is 0.463 e. The van der Waals surface area contributed by atoms with Crippen molar-refractivity contribution in [1.82, 2.24) is 24.9 Å². The Kier molecular flexibility index (Phi) is 15.2. The second-order valence-electron chi connectivity index (χ2n) is 15.7. The number of aromatic nitrogens is 5. The van der Waals surface area contributed by atoms with Gasteiger partial charge in [0.15, 0.2) is 14.9 Å². The average Bonchev–Trinajstić information content (AvgIpc) is 3.24. The van der Waals surface area contributed by atoms with Crippen molar-refractivity contribution in [2.45, 2.75) is 43.6 Å². The number of hydrogen-bond acceptors (Lipinski definition) is 10. The van der Waals surface area contributed by atoms with Crippen molar-refractivity contribution < 1.29 is 27.0 Å². The predicted molar refractivity (Wildman–Crippen MR) is 259 cm³/mol. The highest BCUT2D eigenvalue weighted by molar-refractivity contribution is 7.90. The van der Waals surface area contributed by atoms with Crippen LogP contribution in [0.1, 0.15) is 38.5 Å². The van der Waals surface area contributed by atoms with E-state index in [0.717, 1.165) is 37.5 Å². The van der Waals surface area contributed by atoms with E-state index in [1.54, 1.807) is 72.8 Å². The van der Waals surface area contributed by atoms with E-state index < -0.39 is 15.8 Å². The van der Waals surface area contributed by atoms with Gasteiger partial charge in [-0.1, -0.05) is 107 Å². The van der Waals surface area contributed by atoms with E-state index in [1.165, 1.54) is 31.2 Å². The summed E-state index contributed by atoms with van der Waals surface area (Å²) >= 11 is 37.5. The summed E-state index contributed by atoms with van der Waals surface area (Å²) in [6.07, 6.45) is 9.15. The molecule has 18 heteroatoms. The molecule has 0 spiro atoms. The van der Waals surface area contributed by atoms with E-state index in [0.29, 0.717) is 100 Å². The molecule has 0 aliphatic heterocycles. The summed E-state index contributed by atoms with van der Waals surface area (Å²) in [7, 11) is -3.73. The quantitative estimate of drug-likeness (QED) is 0.0814. The van der Waals surface area contributed by atoms with Crippen molar-refractivity contribution in [2.75, 3.05) is 19.5 Å². The Hall–Kier alpha value is -4.79. The summed E-state index contributed by atoms with van der Waals surface area (Å²) in [6.45, 7) is 0.947. The molecule has 2 fully saturated rings. The Labute approximate surface area is 411 Å². The van der Waals surface area contributed by atoms with Gasteiger partial charge in [0.25, 0.3) is 0 Å². The minimum Gasteiger partial charge on any atom is -0.463 e. The fourth-order valence-electron chi connectivity index (χ4n) is 7.06. The maximum absolute atomic E-state index is 13.4. The highest BCUT2D eigenvalue weighted by atomic mass is 35.5. The van der Waals surface area contributed by atoms with Crippen molar-refractivity contribution in [3.05, 3.63) is 139 Å². The molecule has 66 heavy (non-hydrogen) atoms. The lowest BCUT2D eigenvalue weighted by molar-refractivity contribution is 0.169. The van der Waals surface area contributed by atoms with E-state index >= 15 is 0 Å². The molecule has 2 aliphatic carbocycles. The van der Waals surface area contributed by atoms with Crippen LogP contribution in [0.25, 0.3) is 44.8 Å².